The molecule has 9 nitrogen and oxygen atoms in total. The molecule has 0 bridgehead atoms. The zero-order chi connectivity index (χ0) is 19.8. The van der Waals surface area contributed by atoms with E-state index in [1.807, 2.05) is 49.2 Å². The standard InChI is InChI=1S/C18H33N7O2/c1-6-25(7-2)17(26)13-23(4)18(19-11-15-9-8-10-27-15)20-12-16-22-21-14(3)24(16)5/h15H,6-13H2,1-5H3,(H,19,20). The Balaban J connectivity index is 2.05. The van der Waals surface area contributed by atoms with E-state index in [-0.39, 0.29) is 18.6 Å². The number of carbonyl (C=O) groups is 1. The first kappa shape index (κ1) is 21.1. The molecule has 1 amide bonds. The van der Waals surface area contributed by atoms with E-state index in [4.69, 9.17) is 4.74 Å². The number of aryl methyl sites for hydroxylation is 1. The lowest BCUT2D eigenvalue weighted by Crippen LogP contribution is -2.47. The molecule has 1 atom stereocenters. The summed E-state index contributed by atoms with van der Waals surface area (Å²) in [7, 11) is 3.80. The number of hydrogen-bond acceptors (Lipinski definition) is 5. The summed E-state index contributed by atoms with van der Waals surface area (Å²) >= 11 is 0. The maximum absolute atomic E-state index is 12.5. The molecule has 27 heavy (non-hydrogen) atoms. The van der Waals surface area contributed by atoms with Crippen LogP contribution in [0.1, 0.15) is 38.3 Å². The third-order valence-corrected chi connectivity index (χ3v) is 4.91. The molecular weight excluding hydrogens is 346 g/mol. The van der Waals surface area contributed by atoms with Gasteiger partial charge in [-0.15, -0.1) is 10.2 Å². The van der Waals surface area contributed by atoms with E-state index < -0.39 is 0 Å². The largest absolute Gasteiger partial charge is 0.376 e. The van der Waals surface area contributed by atoms with Crippen molar-refractivity contribution in [2.24, 2.45) is 12.0 Å². The summed E-state index contributed by atoms with van der Waals surface area (Å²) in [6, 6.07) is 0. The number of carbonyl (C=O) groups excluding carboxylic acids is 1. The second-order valence-corrected chi connectivity index (χ2v) is 6.80. The summed E-state index contributed by atoms with van der Waals surface area (Å²) in [5, 5.41) is 11.6. The highest BCUT2D eigenvalue weighted by Gasteiger charge is 2.19. The highest BCUT2D eigenvalue weighted by Crippen LogP contribution is 2.10. The molecule has 1 N–H and O–H groups in total. The molecule has 1 fully saturated rings. The maximum Gasteiger partial charge on any atom is 0.242 e. The predicted molar refractivity (Wildman–Crippen MR) is 104 cm³/mol. The van der Waals surface area contributed by atoms with E-state index in [0.29, 0.717) is 32.1 Å². The molecule has 9 heteroatoms. The van der Waals surface area contributed by atoms with E-state index >= 15 is 0 Å². The molecular formula is C18H33N7O2. The third kappa shape index (κ3) is 5.92. The van der Waals surface area contributed by atoms with E-state index in [1.165, 1.54) is 0 Å². The summed E-state index contributed by atoms with van der Waals surface area (Å²) in [6.45, 7) is 9.46. The first-order valence-corrected chi connectivity index (χ1v) is 9.69. The fourth-order valence-corrected chi connectivity index (χ4v) is 3.01. The van der Waals surface area contributed by atoms with Crippen LogP contribution in [0.4, 0.5) is 0 Å². The minimum absolute atomic E-state index is 0.0867. The molecule has 0 radical (unpaired) electrons. The topological polar surface area (TPSA) is 87.9 Å². The molecule has 0 aliphatic carbocycles. The van der Waals surface area contributed by atoms with Crippen molar-refractivity contribution in [2.45, 2.75) is 46.3 Å². The fraction of sp³-hybridized carbons (Fsp3) is 0.778. The van der Waals surface area contributed by atoms with Crippen LogP contribution in [0.25, 0.3) is 0 Å². The van der Waals surface area contributed by atoms with E-state index in [2.05, 4.69) is 20.5 Å². The maximum atomic E-state index is 12.5. The predicted octanol–water partition coefficient (Wildman–Crippen LogP) is 0.548. The van der Waals surface area contributed by atoms with Crippen molar-refractivity contribution in [2.75, 3.05) is 39.8 Å². The lowest BCUT2D eigenvalue weighted by molar-refractivity contribution is -0.131. The quantitative estimate of drug-likeness (QED) is 0.524. The van der Waals surface area contributed by atoms with Gasteiger partial charge in [0.2, 0.25) is 5.91 Å². The number of aromatic nitrogens is 3. The number of nitrogens with zero attached hydrogens (tertiary/aromatic N) is 6. The lowest BCUT2D eigenvalue weighted by atomic mass is 10.2. The molecule has 2 rings (SSSR count). The molecule has 1 aliphatic heterocycles. The highest BCUT2D eigenvalue weighted by molar-refractivity contribution is 5.86. The molecule has 1 unspecified atom stereocenters. The van der Waals surface area contributed by atoms with Crippen LogP contribution in [0, 0.1) is 6.92 Å². The van der Waals surface area contributed by atoms with Gasteiger partial charge in [0.15, 0.2) is 11.8 Å². The highest BCUT2D eigenvalue weighted by atomic mass is 16.5. The smallest absolute Gasteiger partial charge is 0.242 e. The number of likely N-dealkylation sites (N-methyl/N-ethyl adjacent to an activating group) is 2. The van der Waals surface area contributed by atoms with Crippen LogP contribution in [0.15, 0.2) is 4.99 Å². The number of hydrogen-bond donors (Lipinski definition) is 1. The Morgan fingerprint density at radius 2 is 2.11 bits per heavy atom. The van der Waals surface area contributed by atoms with Crippen molar-refractivity contribution in [3.8, 4) is 0 Å². The van der Waals surface area contributed by atoms with Crippen molar-refractivity contribution in [1.82, 2.24) is 29.9 Å². The molecule has 1 aromatic heterocycles. The normalized spacial score (nSPS) is 17.2. The summed E-state index contributed by atoms with van der Waals surface area (Å²) in [4.78, 5) is 20.8. The molecule has 0 spiro atoms. The summed E-state index contributed by atoms with van der Waals surface area (Å²) in [5.74, 6) is 2.39. The molecule has 1 aliphatic rings. The Labute approximate surface area is 161 Å². The van der Waals surface area contributed by atoms with Crippen LogP contribution in [0.2, 0.25) is 0 Å². The van der Waals surface area contributed by atoms with E-state index in [1.54, 1.807) is 0 Å². The Morgan fingerprint density at radius 1 is 1.37 bits per heavy atom. The number of ether oxygens (including phenoxy) is 1. The number of rotatable bonds is 8. The first-order chi connectivity index (χ1) is 13.0. The van der Waals surface area contributed by atoms with Crippen molar-refractivity contribution in [1.29, 1.82) is 0 Å². The molecule has 0 saturated carbocycles. The molecule has 2 heterocycles. The second kappa shape index (κ2) is 10.2. The van der Waals surface area contributed by atoms with Crippen LogP contribution in [-0.4, -0.2) is 82.4 Å². The van der Waals surface area contributed by atoms with Crippen LogP contribution < -0.4 is 5.32 Å². The van der Waals surface area contributed by atoms with Crippen molar-refractivity contribution < 1.29 is 9.53 Å². The van der Waals surface area contributed by atoms with Gasteiger partial charge in [-0.2, -0.15) is 0 Å². The third-order valence-electron chi connectivity index (χ3n) is 4.91. The SMILES string of the molecule is CCN(CC)C(=O)CN(C)C(=NCc1nnc(C)n1C)NCC1CCCO1. The molecule has 152 valence electrons. The summed E-state index contributed by atoms with van der Waals surface area (Å²) in [5.41, 5.74) is 0. The average Bonchev–Trinajstić information content (AvgIpc) is 3.27. The Hall–Kier alpha value is -2.16. The van der Waals surface area contributed by atoms with Crippen molar-refractivity contribution in [3.63, 3.8) is 0 Å². The van der Waals surface area contributed by atoms with Crippen molar-refractivity contribution in [3.05, 3.63) is 11.6 Å². The number of guanidine groups is 1. The van der Waals surface area contributed by atoms with Gasteiger partial charge in [0.25, 0.3) is 0 Å². The van der Waals surface area contributed by atoms with Crippen LogP contribution in [-0.2, 0) is 23.1 Å². The minimum Gasteiger partial charge on any atom is -0.376 e. The first-order valence-electron chi connectivity index (χ1n) is 9.69. The van der Waals surface area contributed by atoms with Crippen LogP contribution in [0.5, 0.6) is 0 Å². The van der Waals surface area contributed by atoms with Gasteiger partial charge in [0.05, 0.1) is 12.6 Å². The van der Waals surface area contributed by atoms with Crippen LogP contribution >= 0.6 is 0 Å². The van der Waals surface area contributed by atoms with Gasteiger partial charge in [-0.25, -0.2) is 4.99 Å². The number of nitrogens with one attached hydrogen (secondary N) is 1. The molecule has 1 saturated heterocycles. The zero-order valence-corrected chi connectivity index (χ0v) is 17.2. The Bertz CT molecular complexity index is 634. The number of aliphatic imine (C=N–C) groups is 1. The van der Waals surface area contributed by atoms with Gasteiger partial charge in [-0.05, 0) is 33.6 Å². The number of amides is 1. The Morgan fingerprint density at radius 3 is 2.67 bits per heavy atom. The second-order valence-electron chi connectivity index (χ2n) is 6.80. The van der Waals surface area contributed by atoms with Gasteiger partial charge in [0, 0.05) is 40.3 Å². The average molecular weight is 380 g/mol. The molecule has 1 aromatic rings. The van der Waals surface area contributed by atoms with Gasteiger partial charge in [-0.1, -0.05) is 0 Å². The zero-order valence-electron chi connectivity index (χ0n) is 17.2. The van der Waals surface area contributed by atoms with Gasteiger partial charge in [0.1, 0.15) is 12.4 Å². The van der Waals surface area contributed by atoms with Gasteiger partial charge >= 0.3 is 0 Å². The summed E-state index contributed by atoms with van der Waals surface area (Å²) < 4.78 is 7.60. The lowest BCUT2D eigenvalue weighted by Gasteiger charge is -2.26. The van der Waals surface area contributed by atoms with Crippen molar-refractivity contribution >= 4 is 11.9 Å². The summed E-state index contributed by atoms with van der Waals surface area (Å²) in [6.07, 6.45) is 2.33. The van der Waals surface area contributed by atoms with Crippen LogP contribution in [0.3, 0.4) is 0 Å². The van der Waals surface area contributed by atoms with Gasteiger partial charge < -0.3 is 24.4 Å². The van der Waals surface area contributed by atoms with Gasteiger partial charge in [-0.3, -0.25) is 4.79 Å². The minimum atomic E-state index is 0.0867. The monoisotopic (exact) mass is 379 g/mol. The fourth-order valence-electron chi connectivity index (χ4n) is 3.01. The van der Waals surface area contributed by atoms with E-state index in [0.717, 1.165) is 31.1 Å². The Kier molecular flexibility index (Phi) is 8.02. The van der Waals surface area contributed by atoms with E-state index in [9.17, 15) is 4.79 Å². The molecule has 0 aromatic carbocycles.